The lowest BCUT2D eigenvalue weighted by Crippen LogP contribution is -2.54. The summed E-state index contributed by atoms with van der Waals surface area (Å²) in [5, 5.41) is 2.15. The predicted molar refractivity (Wildman–Crippen MR) is 128 cm³/mol. The minimum absolute atomic E-state index is 0.0327. The Labute approximate surface area is 209 Å². The number of hydrogen-bond acceptors (Lipinski definition) is 7. The molecule has 2 aromatic carbocycles. The summed E-state index contributed by atoms with van der Waals surface area (Å²) in [4.78, 5) is 51.6. The molecule has 3 aromatic rings. The van der Waals surface area contributed by atoms with Crippen molar-refractivity contribution in [1.82, 2.24) is 5.32 Å². The summed E-state index contributed by atoms with van der Waals surface area (Å²) in [6.45, 7) is 0. The zero-order valence-corrected chi connectivity index (χ0v) is 20.5. The molecule has 0 aliphatic carbocycles. The molecule has 4 amide bonds. The molecule has 9 nitrogen and oxygen atoms in total. The van der Waals surface area contributed by atoms with E-state index < -0.39 is 23.8 Å². The van der Waals surface area contributed by atoms with Gasteiger partial charge in [-0.25, -0.2) is 14.5 Å². The Morgan fingerprint density at radius 2 is 1.88 bits per heavy atom. The third-order valence-electron chi connectivity index (χ3n) is 4.67. The van der Waals surface area contributed by atoms with Crippen LogP contribution in [0.5, 0.6) is 11.5 Å². The molecule has 1 aromatic heterocycles. The number of carbonyl (C=O) groups excluding carboxylic acids is 4. The highest BCUT2D eigenvalue weighted by Crippen LogP contribution is 2.36. The third kappa shape index (κ3) is 4.66. The van der Waals surface area contributed by atoms with Gasteiger partial charge in [-0.1, -0.05) is 22.0 Å². The lowest BCUT2D eigenvalue weighted by atomic mass is 10.1. The van der Waals surface area contributed by atoms with E-state index in [1.807, 2.05) is 0 Å². The Bertz CT molecular complexity index is 1350. The van der Waals surface area contributed by atoms with Gasteiger partial charge in [-0.15, -0.1) is 0 Å². The Kier molecular flexibility index (Phi) is 6.66. The summed E-state index contributed by atoms with van der Waals surface area (Å²) >= 11 is 6.67. The molecule has 0 atom stereocenters. The second-order valence-corrected chi connectivity index (χ2v) is 8.60. The largest absolute Gasteiger partial charge is 0.497 e. The first kappa shape index (κ1) is 23.5. The van der Waals surface area contributed by atoms with Crippen LogP contribution in [-0.2, 0) is 9.59 Å². The van der Waals surface area contributed by atoms with Gasteiger partial charge >= 0.3 is 12.0 Å². The molecule has 1 saturated heterocycles. The first-order chi connectivity index (χ1) is 16.3. The van der Waals surface area contributed by atoms with Gasteiger partial charge in [0, 0.05) is 16.1 Å². The van der Waals surface area contributed by atoms with Crippen molar-refractivity contribution in [3.8, 4) is 11.5 Å². The Morgan fingerprint density at radius 1 is 1.09 bits per heavy atom. The summed E-state index contributed by atoms with van der Waals surface area (Å²) in [5.41, 5.74) is 0.0856. The minimum Gasteiger partial charge on any atom is -0.497 e. The number of halogens is 2. The highest BCUT2D eigenvalue weighted by Gasteiger charge is 2.37. The zero-order chi connectivity index (χ0) is 24.4. The molecule has 1 aliphatic heterocycles. The van der Waals surface area contributed by atoms with Gasteiger partial charge in [-0.05, 0) is 58.4 Å². The summed E-state index contributed by atoms with van der Waals surface area (Å²) < 4.78 is 16.6. The fraction of sp³-hybridized carbons (Fsp3) is 0.0435. The number of esters is 1. The number of hydrogen-bond donors (Lipinski definition) is 1. The van der Waals surface area contributed by atoms with Crippen LogP contribution in [0.2, 0.25) is 0 Å². The topological polar surface area (TPSA) is 115 Å². The first-order valence-electron chi connectivity index (χ1n) is 9.58. The number of carbonyl (C=O) groups is 4. The number of urea groups is 1. The van der Waals surface area contributed by atoms with E-state index in [2.05, 4.69) is 37.2 Å². The van der Waals surface area contributed by atoms with Crippen LogP contribution in [0, 0.1) is 0 Å². The SMILES string of the molecule is COc1cccc(N2C(=O)NC(=O)/C(=C/c3cc(Br)cc(Br)c3OC(=O)c3ccco3)C2=O)c1. The molecule has 0 radical (unpaired) electrons. The molecule has 1 aliphatic rings. The van der Waals surface area contributed by atoms with Crippen molar-refractivity contribution in [2.45, 2.75) is 0 Å². The summed E-state index contributed by atoms with van der Waals surface area (Å²) in [7, 11) is 1.45. The Balaban J connectivity index is 1.76. The van der Waals surface area contributed by atoms with E-state index in [9.17, 15) is 19.2 Å². The number of furan rings is 1. The maximum Gasteiger partial charge on any atom is 0.379 e. The van der Waals surface area contributed by atoms with Gasteiger partial charge in [0.1, 0.15) is 11.3 Å². The highest BCUT2D eigenvalue weighted by atomic mass is 79.9. The smallest absolute Gasteiger partial charge is 0.379 e. The number of imide groups is 2. The van der Waals surface area contributed by atoms with Crippen molar-refractivity contribution in [2.24, 2.45) is 0 Å². The fourth-order valence-corrected chi connectivity index (χ4v) is 4.47. The number of barbiturate groups is 1. The van der Waals surface area contributed by atoms with Crippen molar-refractivity contribution in [3.63, 3.8) is 0 Å². The van der Waals surface area contributed by atoms with E-state index in [1.165, 1.54) is 43.7 Å². The van der Waals surface area contributed by atoms with Gasteiger partial charge in [0.25, 0.3) is 11.8 Å². The fourth-order valence-electron chi connectivity index (χ4n) is 3.13. The number of methoxy groups -OCH3 is 1. The molecule has 11 heteroatoms. The van der Waals surface area contributed by atoms with Crippen molar-refractivity contribution in [1.29, 1.82) is 0 Å². The van der Waals surface area contributed by atoms with Crippen LogP contribution in [0.15, 0.2) is 73.7 Å². The molecule has 0 bridgehead atoms. The summed E-state index contributed by atoms with van der Waals surface area (Å²) in [6.07, 6.45) is 2.56. The maximum atomic E-state index is 13.2. The monoisotopic (exact) mass is 588 g/mol. The average molecular weight is 590 g/mol. The van der Waals surface area contributed by atoms with E-state index >= 15 is 0 Å². The number of benzene rings is 2. The van der Waals surface area contributed by atoms with Crippen molar-refractivity contribution in [2.75, 3.05) is 12.0 Å². The number of rotatable bonds is 5. The van der Waals surface area contributed by atoms with Crippen LogP contribution in [0.4, 0.5) is 10.5 Å². The molecule has 4 rings (SSSR count). The highest BCUT2D eigenvalue weighted by molar-refractivity contribution is 9.11. The molecule has 1 N–H and O–H groups in total. The number of nitrogens with zero attached hydrogens (tertiary/aromatic N) is 1. The van der Waals surface area contributed by atoms with Crippen LogP contribution in [0.3, 0.4) is 0 Å². The van der Waals surface area contributed by atoms with Crippen molar-refractivity contribution in [3.05, 3.63) is 80.6 Å². The lowest BCUT2D eigenvalue weighted by molar-refractivity contribution is -0.122. The van der Waals surface area contributed by atoms with Crippen molar-refractivity contribution >= 4 is 67.4 Å². The van der Waals surface area contributed by atoms with Gasteiger partial charge in [0.05, 0.1) is 23.5 Å². The number of ether oxygens (including phenoxy) is 2. The Morgan fingerprint density at radius 3 is 2.59 bits per heavy atom. The molecule has 0 spiro atoms. The van der Waals surface area contributed by atoms with Crippen LogP contribution in [0.1, 0.15) is 16.1 Å². The average Bonchev–Trinajstić information content (AvgIpc) is 3.34. The van der Waals surface area contributed by atoms with Gasteiger partial charge in [-0.3, -0.25) is 14.9 Å². The van der Waals surface area contributed by atoms with Crippen LogP contribution in [-0.4, -0.2) is 30.9 Å². The number of amides is 4. The third-order valence-corrected chi connectivity index (χ3v) is 5.71. The van der Waals surface area contributed by atoms with Gasteiger partial charge in [0.2, 0.25) is 5.76 Å². The molecule has 172 valence electrons. The quantitative estimate of drug-likeness (QED) is 0.198. The first-order valence-corrected chi connectivity index (χ1v) is 11.2. The van der Waals surface area contributed by atoms with Crippen molar-refractivity contribution < 1.29 is 33.1 Å². The van der Waals surface area contributed by atoms with Gasteiger partial charge in [0.15, 0.2) is 5.75 Å². The molecular formula is C23H14Br2N2O7. The molecule has 0 unspecified atom stereocenters. The second-order valence-electron chi connectivity index (χ2n) is 6.83. The molecule has 34 heavy (non-hydrogen) atoms. The van der Waals surface area contributed by atoms with Crippen LogP contribution >= 0.6 is 31.9 Å². The van der Waals surface area contributed by atoms with E-state index in [0.717, 1.165) is 4.90 Å². The van der Waals surface area contributed by atoms with E-state index in [-0.39, 0.29) is 28.3 Å². The van der Waals surface area contributed by atoms with E-state index in [4.69, 9.17) is 13.9 Å². The Hall–Kier alpha value is -3.70. The summed E-state index contributed by atoms with van der Waals surface area (Å²) in [6, 6.07) is 11.5. The van der Waals surface area contributed by atoms with Gasteiger partial charge < -0.3 is 13.9 Å². The van der Waals surface area contributed by atoms with E-state index in [1.54, 1.807) is 24.3 Å². The molecule has 2 heterocycles. The van der Waals surface area contributed by atoms with E-state index in [0.29, 0.717) is 14.7 Å². The van der Waals surface area contributed by atoms with Crippen LogP contribution < -0.4 is 19.7 Å². The summed E-state index contributed by atoms with van der Waals surface area (Å²) in [5.74, 6) is -2.10. The minimum atomic E-state index is -0.903. The molecule has 0 saturated carbocycles. The lowest BCUT2D eigenvalue weighted by Gasteiger charge is -2.26. The second kappa shape index (κ2) is 9.65. The number of anilines is 1. The molecule has 1 fully saturated rings. The number of nitrogens with one attached hydrogen (secondary N) is 1. The standard InChI is InChI=1S/C23H14Br2N2O7/c1-32-15-5-2-4-14(11-15)27-21(29)16(20(28)26-23(27)31)9-12-8-13(24)10-17(25)19(12)34-22(30)18-6-3-7-33-18/h2-11H,1H3,(H,26,28,31)/b16-9-. The predicted octanol–water partition coefficient (Wildman–Crippen LogP) is 4.70. The molecular weight excluding hydrogens is 576 g/mol. The maximum absolute atomic E-state index is 13.2. The van der Waals surface area contributed by atoms with Gasteiger partial charge in [-0.2, -0.15) is 0 Å². The van der Waals surface area contributed by atoms with Crippen LogP contribution in [0.25, 0.3) is 6.08 Å². The normalized spacial score (nSPS) is 14.9. The zero-order valence-electron chi connectivity index (χ0n) is 17.3.